The highest BCUT2D eigenvalue weighted by molar-refractivity contribution is 6.32. The Labute approximate surface area is 128 Å². The predicted octanol–water partition coefficient (Wildman–Crippen LogP) is 3.66. The zero-order valence-corrected chi connectivity index (χ0v) is 12.5. The standard InChI is InChI=1S/C15H19ClF2N2O/c16-11-9-10(5-6-14(11)21-15(17)18)20-8-7-19-12-3-1-2-4-13(12)20/h5-6,9,12-13,15,19H,1-4,7-8H2/t12-,13-/m1/s1. The zero-order chi connectivity index (χ0) is 14.8. The first-order valence-corrected chi connectivity index (χ1v) is 7.77. The maximum atomic E-state index is 12.3. The van der Waals surface area contributed by atoms with Gasteiger partial charge in [-0.2, -0.15) is 8.78 Å². The van der Waals surface area contributed by atoms with Gasteiger partial charge in [-0.05, 0) is 31.0 Å². The van der Waals surface area contributed by atoms with Gasteiger partial charge in [0.05, 0.1) is 5.02 Å². The van der Waals surface area contributed by atoms with E-state index < -0.39 is 6.61 Å². The van der Waals surface area contributed by atoms with E-state index in [2.05, 4.69) is 15.0 Å². The normalized spacial score (nSPS) is 25.8. The number of nitrogens with one attached hydrogen (secondary N) is 1. The number of piperazine rings is 1. The highest BCUT2D eigenvalue weighted by Gasteiger charge is 2.33. The van der Waals surface area contributed by atoms with Gasteiger partial charge in [-0.25, -0.2) is 0 Å². The number of benzene rings is 1. The van der Waals surface area contributed by atoms with Crippen LogP contribution in [0, 0.1) is 0 Å². The van der Waals surface area contributed by atoms with E-state index in [1.54, 1.807) is 6.07 Å². The van der Waals surface area contributed by atoms with Crippen LogP contribution in [0.1, 0.15) is 25.7 Å². The summed E-state index contributed by atoms with van der Waals surface area (Å²) in [6, 6.07) is 6.06. The Morgan fingerprint density at radius 1 is 1.29 bits per heavy atom. The number of rotatable bonds is 3. The minimum Gasteiger partial charge on any atom is -0.433 e. The smallest absolute Gasteiger partial charge is 0.387 e. The van der Waals surface area contributed by atoms with Crippen molar-refractivity contribution >= 4 is 17.3 Å². The first-order valence-electron chi connectivity index (χ1n) is 7.39. The Hall–Kier alpha value is -1.07. The van der Waals surface area contributed by atoms with E-state index in [1.165, 1.54) is 25.3 Å². The fourth-order valence-corrected chi connectivity index (χ4v) is 3.66. The molecule has 116 valence electrons. The van der Waals surface area contributed by atoms with Gasteiger partial charge in [-0.3, -0.25) is 0 Å². The van der Waals surface area contributed by atoms with E-state index in [-0.39, 0.29) is 10.8 Å². The summed E-state index contributed by atoms with van der Waals surface area (Å²) < 4.78 is 29.0. The first-order chi connectivity index (χ1) is 10.1. The predicted molar refractivity (Wildman–Crippen MR) is 79.5 cm³/mol. The lowest BCUT2D eigenvalue weighted by Gasteiger charge is -2.46. The second-order valence-corrected chi connectivity index (χ2v) is 6.01. The molecule has 1 aliphatic carbocycles. The Balaban J connectivity index is 1.80. The summed E-state index contributed by atoms with van der Waals surface area (Å²) in [4.78, 5) is 2.35. The Morgan fingerprint density at radius 3 is 2.86 bits per heavy atom. The van der Waals surface area contributed by atoms with Gasteiger partial charge in [0.2, 0.25) is 0 Å². The van der Waals surface area contributed by atoms with Gasteiger partial charge in [-0.1, -0.05) is 24.4 Å². The Kier molecular flexibility index (Phi) is 4.50. The maximum absolute atomic E-state index is 12.3. The summed E-state index contributed by atoms with van der Waals surface area (Å²) >= 11 is 6.07. The van der Waals surface area contributed by atoms with Gasteiger partial charge in [-0.15, -0.1) is 0 Å². The number of anilines is 1. The molecule has 0 radical (unpaired) electrons. The number of ether oxygens (including phenoxy) is 1. The first kappa shape index (κ1) is 14.9. The van der Waals surface area contributed by atoms with E-state index in [0.717, 1.165) is 25.2 Å². The quantitative estimate of drug-likeness (QED) is 0.921. The van der Waals surface area contributed by atoms with Crippen LogP contribution >= 0.6 is 11.6 Å². The summed E-state index contributed by atoms with van der Waals surface area (Å²) in [6.45, 7) is -1.00. The Morgan fingerprint density at radius 2 is 2.10 bits per heavy atom. The molecule has 6 heteroatoms. The minimum absolute atomic E-state index is 0.0331. The fourth-order valence-electron chi connectivity index (χ4n) is 3.44. The molecule has 0 amide bonds. The SMILES string of the molecule is FC(F)Oc1ccc(N2CCN[C@@H]3CCCC[C@H]32)cc1Cl. The topological polar surface area (TPSA) is 24.5 Å². The van der Waals surface area contributed by atoms with Crippen molar-refractivity contribution in [3.8, 4) is 5.75 Å². The van der Waals surface area contributed by atoms with Gasteiger partial charge < -0.3 is 15.0 Å². The van der Waals surface area contributed by atoms with Gasteiger partial charge in [0.25, 0.3) is 0 Å². The third-order valence-corrected chi connectivity index (χ3v) is 4.65. The van der Waals surface area contributed by atoms with Crippen LogP contribution in [-0.2, 0) is 0 Å². The lowest BCUT2D eigenvalue weighted by molar-refractivity contribution is -0.0497. The van der Waals surface area contributed by atoms with Crippen molar-refractivity contribution in [2.45, 2.75) is 44.4 Å². The van der Waals surface area contributed by atoms with Crippen LogP contribution in [0.3, 0.4) is 0 Å². The number of alkyl halides is 2. The molecule has 2 aliphatic rings. The third-order valence-electron chi connectivity index (χ3n) is 4.35. The van der Waals surface area contributed by atoms with Gasteiger partial charge >= 0.3 is 6.61 Å². The largest absolute Gasteiger partial charge is 0.433 e. The molecule has 1 aromatic rings. The summed E-state index contributed by atoms with van der Waals surface area (Å²) in [5.74, 6) is 0.0331. The highest BCUT2D eigenvalue weighted by atomic mass is 35.5. The highest BCUT2D eigenvalue weighted by Crippen LogP contribution is 2.34. The van der Waals surface area contributed by atoms with Crippen LogP contribution in [0.25, 0.3) is 0 Å². The van der Waals surface area contributed by atoms with Crippen molar-refractivity contribution in [1.82, 2.24) is 5.32 Å². The lowest BCUT2D eigenvalue weighted by Crippen LogP contribution is -2.59. The number of hydrogen-bond donors (Lipinski definition) is 1. The minimum atomic E-state index is -2.85. The van der Waals surface area contributed by atoms with Crippen LogP contribution in [-0.4, -0.2) is 31.8 Å². The summed E-state index contributed by atoms with van der Waals surface area (Å²) in [6.07, 6.45) is 4.86. The summed E-state index contributed by atoms with van der Waals surface area (Å²) in [5.41, 5.74) is 0.986. The van der Waals surface area contributed by atoms with Crippen molar-refractivity contribution in [3.05, 3.63) is 23.2 Å². The van der Waals surface area contributed by atoms with Crippen molar-refractivity contribution < 1.29 is 13.5 Å². The lowest BCUT2D eigenvalue weighted by atomic mass is 9.87. The monoisotopic (exact) mass is 316 g/mol. The van der Waals surface area contributed by atoms with Gasteiger partial charge in [0.1, 0.15) is 5.75 Å². The second-order valence-electron chi connectivity index (χ2n) is 5.60. The molecular formula is C15H19ClF2N2O. The maximum Gasteiger partial charge on any atom is 0.387 e. The van der Waals surface area contributed by atoms with E-state index in [0.29, 0.717) is 12.1 Å². The molecule has 21 heavy (non-hydrogen) atoms. The molecule has 2 fully saturated rings. The molecule has 0 bridgehead atoms. The molecule has 3 rings (SSSR count). The van der Waals surface area contributed by atoms with Gasteiger partial charge in [0, 0.05) is 30.9 Å². The second kappa shape index (κ2) is 6.36. The summed E-state index contributed by atoms with van der Waals surface area (Å²) in [5, 5.41) is 3.81. The molecule has 3 nitrogen and oxygen atoms in total. The molecule has 1 aliphatic heterocycles. The molecule has 1 aromatic carbocycles. The molecule has 0 unspecified atom stereocenters. The molecule has 1 saturated heterocycles. The van der Waals surface area contributed by atoms with Crippen molar-refractivity contribution in [1.29, 1.82) is 0 Å². The summed E-state index contributed by atoms with van der Waals surface area (Å²) in [7, 11) is 0. The number of fused-ring (bicyclic) bond motifs is 1. The van der Waals surface area contributed by atoms with E-state index in [9.17, 15) is 8.78 Å². The molecule has 0 spiro atoms. The van der Waals surface area contributed by atoms with Crippen LogP contribution in [0.5, 0.6) is 5.75 Å². The average molecular weight is 317 g/mol. The number of halogens is 3. The molecular weight excluding hydrogens is 298 g/mol. The Bertz CT molecular complexity index is 499. The molecule has 1 saturated carbocycles. The van der Waals surface area contributed by atoms with Crippen molar-refractivity contribution in [3.63, 3.8) is 0 Å². The van der Waals surface area contributed by atoms with Crippen LogP contribution in [0.2, 0.25) is 5.02 Å². The zero-order valence-electron chi connectivity index (χ0n) is 11.7. The van der Waals surface area contributed by atoms with Crippen molar-refractivity contribution in [2.75, 3.05) is 18.0 Å². The number of nitrogens with zero attached hydrogens (tertiary/aromatic N) is 1. The van der Waals surface area contributed by atoms with E-state index >= 15 is 0 Å². The molecule has 2 atom stereocenters. The van der Waals surface area contributed by atoms with Crippen LogP contribution in [0.15, 0.2) is 18.2 Å². The third kappa shape index (κ3) is 3.24. The van der Waals surface area contributed by atoms with E-state index in [4.69, 9.17) is 11.6 Å². The molecule has 1 N–H and O–H groups in total. The molecule has 1 heterocycles. The molecule has 0 aromatic heterocycles. The van der Waals surface area contributed by atoms with Crippen LogP contribution < -0.4 is 15.0 Å². The fraction of sp³-hybridized carbons (Fsp3) is 0.600. The average Bonchev–Trinajstić information content (AvgIpc) is 2.48. The van der Waals surface area contributed by atoms with Gasteiger partial charge in [0.15, 0.2) is 0 Å². The number of hydrogen-bond acceptors (Lipinski definition) is 3. The van der Waals surface area contributed by atoms with Crippen molar-refractivity contribution in [2.24, 2.45) is 0 Å². The van der Waals surface area contributed by atoms with E-state index in [1.807, 2.05) is 6.07 Å². The van der Waals surface area contributed by atoms with Crippen LogP contribution in [0.4, 0.5) is 14.5 Å².